The van der Waals surface area contributed by atoms with Crippen molar-refractivity contribution >= 4 is 10.0 Å². The summed E-state index contributed by atoms with van der Waals surface area (Å²) in [6.45, 7) is 6.69. The SMILES string of the molecule is CCNC(C)C1CCCN(S(=O)(=O)C2CCCCC2)C1. The highest BCUT2D eigenvalue weighted by Gasteiger charge is 2.36. The molecule has 1 heterocycles. The lowest BCUT2D eigenvalue weighted by Crippen LogP contribution is -2.49. The van der Waals surface area contributed by atoms with Crippen molar-refractivity contribution in [3.05, 3.63) is 0 Å². The molecule has 4 nitrogen and oxygen atoms in total. The molecule has 1 N–H and O–H groups in total. The first kappa shape index (κ1) is 16.2. The summed E-state index contributed by atoms with van der Waals surface area (Å²) in [7, 11) is -3.06. The van der Waals surface area contributed by atoms with Crippen LogP contribution in [-0.2, 0) is 10.0 Å². The van der Waals surface area contributed by atoms with Crippen LogP contribution in [0.4, 0.5) is 0 Å². The summed E-state index contributed by atoms with van der Waals surface area (Å²) in [5.41, 5.74) is 0. The van der Waals surface area contributed by atoms with Crippen LogP contribution in [0.5, 0.6) is 0 Å². The summed E-state index contributed by atoms with van der Waals surface area (Å²) in [4.78, 5) is 0. The molecule has 118 valence electrons. The summed E-state index contributed by atoms with van der Waals surface area (Å²) in [5, 5.41) is 3.34. The van der Waals surface area contributed by atoms with Crippen LogP contribution in [-0.4, -0.2) is 43.6 Å². The second-order valence-corrected chi connectivity index (χ2v) is 8.62. The molecule has 1 saturated carbocycles. The molecule has 2 fully saturated rings. The van der Waals surface area contributed by atoms with Crippen molar-refractivity contribution in [3.8, 4) is 0 Å². The molecule has 1 saturated heterocycles. The highest BCUT2D eigenvalue weighted by atomic mass is 32.2. The summed E-state index contributed by atoms with van der Waals surface area (Å²) in [6, 6.07) is 0.407. The van der Waals surface area contributed by atoms with Crippen molar-refractivity contribution < 1.29 is 8.42 Å². The molecule has 2 aliphatic rings. The normalized spacial score (nSPS) is 28.4. The van der Waals surface area contributed by atoms with E-state index in [2.05, 4.69) is 19.2 Å². The van der Waals surface area contributed by atoms with E-state index >= 15 is 0 Å². The Hall–Kier alpha value is -0.130. The van der Waals surface area contributed by atoms with Crippen molar-refractivity contribution in [1.29, 1.82) is 0 Å². The van der Waals surface area contributed by atoms with Gasteiger partial charge < -0.3 is 5.32 Å². The zero-order chi connectivity index (χ0) is 14.6. The summed E-state index contributed by atoms with van der Waals surface area (Å²) < 4.78 is 27.3. The molecular formula is C15H30N2O2S. The average molecular weight is 302 g/mol. The van der Waals surface area contributed by atoms with E-state index in [9.17, 15) is 8.42 Å². The van der Waals surface area contributed by atoms with Crippen molar-refractivity contribution in [3.63, 3.8) is 0 Å². The lowest BCUT2D eigenvalue weighted by Gasteiger charge is -2.37. The monoisotopic (exact) mass is 302 g/mol. The Morgan fingerprint density at radius 2 is 1.85 bits per heavy atom. The molecule has 0 bridgehead atoms. The Morgan fingerprint density at radius 1 is 1.15 bits per heavy atom. The van der Waals surface area contributed by atoms with Crippen molar-refractivity contribution in [2.45, 2.75) is 70.1 Å². The van der Waals surface area contributed by atoms with E-state index in [0.717, 1.165) is 51.6 Å². The van der Waals surface area contributed by atoms with Gasteiger partial charge in [-0.05, 0) is 45.1 Å². The zero-order valence-corrected chi connectivity index (χ0v) is 13.8. The lowest BCUT2D eigenvalue weighted by atomic mass is 9.93. The number of rotatable bonds is 5. The van der Waals surface area contributed by atoms with Gasteiger partial charge in [0, 0.05) is 19.1 Å². The van der Waals surface area contributed by atoms with Crippen molar-refractivity contribution in [2.75, 3.05) is 19.6 Å². The molecular weight excluding hydrogens is 272 g/mol. The van der Waals surface area contributed by atoms with Gasteiger partial charge in [-0.15, -0.1) is 0 Å². The molecule has 0 radical (unpaired) electrons. The average Bonchev–Trinajstić information content (AvgIpc) is 2.48. The lowest BCUT2D eigenvalue weighted by molar-refractivity contribution is 0.222. The molecule has 2 rings (SSSR count). The standard InChI is InChI=1S/C15H30N2O2S/c1-3-16-13(2)14-8-7-11-17(12-14)20(18,19)15-9-5-4-6-10-15/h13-16H,3-12H2,1-2H3. The fourth-order valence-corrected chi connectivity index (χ4v) is 5.81. The molecule has 20 heavy (non-hydrogen) atoms. The summed E-state index contributed by atoms with van der Waals surface area (Å²) in [5.74, 6) is 0.460. The number of nitrogens with one attached hydrogen (secondary N) is 1. The third-order valence-corrected chi connectivity index (χ3v) is 7.35. The van der Waals surface area contributed by atoms with Crippen LogP contribution >= 0.6 is 0 Å². The van der Waals surface area contributed by atoms with Gasteiger partial charge in [-0.25, -0.2) is 12.7 Å². The van der Waals surface area contributed by atoms with Gasteiger partial charge in [0.2, 0.25) is 10.0 Å². The number of nitrogens with zero attached hydrogens (tertiary/aromatic N) is 1. The smallest absolute Gasteiger partial charge is 0.216 e. The van der Waals surface area contributed by atoms with Gasteiger partial charge in [0.05, 0.1) is 5.25 Å². The van der Waals surface area contributed by atoms with E-state index in [4.69, 9.17) is 0 Å². The van der Waals surface area contributed by atoms with Crippen LogP contribution in [0.3, 0.4) is 0 Å². The van der Waals surface area contributed by atoms with Gasteiger partial charge in [-0.1, -0.05) is 26.2 Å². The highest BCUT2D eigenvalue weighted by molar-refractivity contribution is 7.89. The molecule has 0 aromatic carbocycles. The quantitative estimate of drug-likeness (QED) is 0.848. The Morgan fingerprint density at radius 3 is 2.50 bits per heavy atom. The number of sulfonamides is 1. The molecule has 0 spiro atoms. The molecule has 0 amide bonds. The number of hydrogen-bond acceptors (Lipinski definition) is 3. The van der Waals surface area contributed by atoms with E-state index < -0.39 is 10.0 Å². The van der Waals surface area contributed by atoms with Gasteiger partial charge in [-0.3, -0.25) is 0 Å². The van der Waals surface area contributed by atoms with E-state index in [1.165, 1.54) is 6.42 Å². The Balaban J connectivity index is 2.00. The van der Waals surface area contributed by atoms with E-state index in [1.807, 2.05) is 0 Å². The minimum absolute atomic E-state index is 0.107. The first-order valence-corrected chi connectivity index (χ1v) is 9.78. The maximum absolute atomic E-state index is 12.8. The van der Waals surface area contributed by atoms with Crippen LogP contribution in [0.15, 0.2) is 0 Å². The largest absolute Gasteiger partial charge is 0.314 e. The van der Waals surface area contributed by atoms with Crippen LogP contribution < -0.4 is 5.32 Å². The van der Waals surface area contributed by atoms with E-state index in [-0.39, 0.29) is 5.25 Å². The Kier molecular flexibility index (Phi) is 5.87. The van der Waals surface area contributed by atoms with Gasteiger partial charge in [0.15, 0.2) is 0 Å². The number of hydrogen-bond donors (Lipinski definition) is 1. The molecule has 0 aromatic heterocycles. The minimum Gasteiger partial charge on any atom is -0.314 e. The van der Waals surface area contributed by atoms with Crippen LogP contribution in [0.2, 0.25) is 0 Å². The van der Waals surface area contributed by atoms with Gasteiger partial charge in [0.25, 0.3) is 0 Å². The van der Waals surface area contributed by atoms with Crippen LogP contribution in [0.25, 0.3) is 0 Å². The van der Waals surface area contributed by atoms with Gasteiger partial charge in [0.1, 0.15) is 0 Å². The summed E-state index contributed by atoms with van der Waals surface area (Å²) >= 11 is 0. The van der Waals surface area contributed by atoms with Gasteiger partial charge in [-0.2, -0.15) is 0 Å². The Labute approximate surface area is 124 Å². The zero-order valence-electron chi connectivity index (χ0n) is 13.0. The number of piperidine rings is 1. The third kappa shape index (κ3) is 3.74. The molecule has 2 unspecified atom stereocenters. The molecule has 5 heteroatoms. The Bertz CT molecular complexity index is 391. The summed E-state index contributed by atoms with van der Waals surface area (Å²) in [6.07, 6.45) is 7.24. The fraction of sp³-hybridized carbons (Fsp3) is 1.00. The molecule has 1 aliphatic carbocycles. The van der Waals surface area contributed by atoms with Crippen LogP contribution in [0, 0.1) is 5.92 Å². The second kappa shape index (κ2) is 7.23. The molecule has 0 aromatic rings. The fourth-order valence-electron chi connectivity index (χ4n) is 3.68. The van der Waals surface area contributed by atoms with Crippen molar-refractivity contribution in [1.82, 2.24) is 9.62 Å². The topological polar surface area (TPSA) is 49.4 Å². The van der Waals surface area contributed by atoms with Crippen LogP contribution in [0.1, 0.15) is 58.8 Å². The predicted molar refractivity (Wildman–Crippen MR) is 83.2 cm³/mol. The maximum atomic E-state index is 12.8. The van der Waals surface area contributed by atoms with E-state index in [0.29, 0.717) is 18.5 Å². The minimum atomic E-state index is -3.06. The van der Waals surface area contributed by atoms with E-state index in [1.54, 1.807) is 4.31 Å². The molecule has 2 atom stereocenters. The maximum Gasteiger partial charge on any atom is 0.216 e. The highest BCUT2D eigenvalue weighted by Crippen LogP contribution is 2.29. The molecule has 1 aliphatic heterocycles. The van der Waals surface area contributed by atoms with Gasteiger partial charge >= 0.3 is 0 Å². The third-order valence-electron chi connectivity index (χ3n) is 4.99. The first-order chi connectivity index (χ1) is 9.55. The van der Waals surface area contributed by atoms with Crippen molar-refractivity contribution in [2.24, 2.45) is 5.92 Å². The second-order valence-electron chi connectivity index (χ2n) is 6.41. The first-order valence-electron chi connectivity index (χ1n) is 8.28. The predicted octanol–water partition coefficient (Wildman–Crippen LogP) is 2.36.